The normalized spacial score (nSPS) is 20.9. The molecule has 0 bridgehead atoms. The predicted octanol–water partition coefficient (Wildman–Crippen LogP) is 3.03. The van der Waals surface area contributed by atoms with Crippen LogP contribution in [0.2, 0.25) is 0 Å². The molecule has 6 heteroatoms. The third-order valence-corrected chi connectivity index (χ3v) is 5.62. The van der Waals surface area contributed by atoms with Crippen LogP contribution in [0, 0.1) is 13.8 Å². The molecule has 0 saturated carbocycles. The fourth-order valence-corrected chi connectivity index (χ4v) is 4.16. The molecule has 4 rings (SSSR count). The van der Waals surface area contributed by atoms with Crippen molar-refractivity contribution in [3.63, 3.8) is 0 Å². The summed E-state index contributed by atoms with van der Waals surface area (Å²) >= 11 is 0. The molecule has 144 valence electrons. The maximum Gasteiger partial charge on any atom is 0.325 e. The maximum absolute atomic E-state index is 13.2. The monoisotopic (exact) mass is 377 g/mol. The molecule has 28 heavy (non-hydrogen) atoms. The highest BCUT2D eigenvalue weighted by Gasteiger charge is 2.54. The highest BCUT2D eigenvalue weighted by Crippen LogP contribution is 2.39. The first-order chi connectivity index (χ1) is 13.4. The number of carbonyl (C=O) groups excluding carboxylic acids is 3. The minimum absolute atomic E-state index is 0.304. The second-order valence-corrected chi connectivity index (χ2v) is 7.60. The van der Waals surface area contributed by atoms with Crippen LogP contribution in [0.15, 0.2) is 42.5 Å². The molecule has 1 heterocycles. The van der Waals surface area contributed by atoms with E-state index in [4.69, 9.17) is 0 Å². The van der Waals surface area contributed by atoms with Crippen LogP contribution in [0.25, 0.3) is 0 Å². The molecule has 0 aromatic heterocycles. The van der Waals surface area contributed by atoms with Crippen LogP contribution in [0.4, 0.5) is 10.5 Å². The number of hydrogen-bond donors (Lipinski definition) is 2. The Labute approximate surface area is 163 Å². The number of nitrogens with one attached hydrogen (secondary N) is 2. The number of aryl methyl sites for hydroxylation is 3. The number of nitrogens with zero attached hydrogens (tertiary/aromatic N) is 1. The summed E-state index contributed by atoms with van der Waals surface area (Å²) in [7, 11) is 0. The number of benzene rings is 2. The Bertz CT molecular complexity index is 985. The Balaban J connectivity index is 1.56. The molecule has 1 spiro atoms. The second kappa shape index (κ2) is 6.78. The van der Waals surface area contributed by atoms with E-state index in [-0.39, 0.29) is 12.5 Å². The van der Waals surface area contributed by atoms with Crippen LogP contribution >= 0.6 is 0 Å². The molecule has 1 aliphatic carbocycles. The molecule has 1 fully saturated rings. The Morgan fingerprint density at radius 2 is 1.96 bits per heavy atom. The van der Waals surface area contributed by atoms with Gasteiger partial charge in [-0.15, -0.1) is 0 Å². The molecule has 4 amide bonds. The van der Waals surface area contributed by atoms with Crippen molar-refractivity contribution in [1.29, 1.82) is 0 Å². The van der Waals surface area contributed by atoms with Gasteiger partial charge in [-0.25, -0.2) is 4.79 Å². The summed E-state index contributed by atoms with van der Waals surface area (Å²) in [4.78, 5) is 39.4. The molecule has 1 aliphatic heterocycles. The lowest BCUT2D eigenvalue weighted by Crippen LogP contribution is -2.47. The number of rotatable bonds is 3. The minimum atomic E-state index is -1.05. The van der Waals surface area contributed by atoms with Crippen LogP contribution in [0.1, 0.15) is 35.1 Å². The Morgan fingerprint density at radius 3 is 2.79 bits per heavy atom. The van der Waals surface area contributed by atoms with Crippen molar-refractivity contribution >= 4 is 23.5 Å². The molecule has 6 nitrogen and oxygen atoms in total. The van der Waals surface area contributed by atoms with Gasteiger partial charge in [-0.2, -0.15) is 0 Å². The van der Waals surface area contributed by atoms with Crippen molar-refractivity contribution in [2.75, 3.05) is 11.9 Å². The fourth-order valence-electron chi connectivity index (χ4n) is 4.16. The smallest absolute Gasteiger partial charge is 0.324 e. The predicted molar refractivity (Wildman–Crippen MR) is 106 cm³/mol. The van der Waals surface area contributed by atoms with Crippen molar-refractivity contribution < 1.29 is 14.4 Å². The molecule has 0 unspecified atom stereocenters. The number of hydrogen-bond acceptors (Lipinski definition) is 3. The van der Waals surface area contributed by atoms with E-state index in [1.807, 2.05) is 56.3 Å². The highest BCUT2D eigenvalue weighted by molar-refractivity contribution is 6.10. The Morgan fingerprint density at radius 1 is 1.18 bits per heavy atom. The zero-order chi connectivity index (χ0) is 19.9. The van der Waals surface area contributed by atoms with Crippen molar-refractivity contribution in [1.82, 2.24) is 10.2 Å². The standard InChI is InChI=1S/C22H23N3O3/c1-14-9-10-15(2)18(12-14)23-19(26)13-25-20(27)22(24-21(25)28)11-5-7-16-6-3-4-8-17(16)22/h3-4,6,8-10,12H,5,7,11,13H2,1-2H3,(H,23,26)(H,24,28)/t22-/m1/s1. The van der Waals surface area contributed by atoms with E-state index in [1.54, 1.807) is 0 Å². The highest BCUT2D eigenvalue weighted by atomic mass is 16.2. The van der Waals surface area contributed by atoms with E-state index in [1.165, 1.54) is 0 Å². The van der Waals surface area contributed by atoms with E-state index in [0.29, 0.717) is 12.1 Å². The molecule has 0 radical (unpaired) electrons. The van der Waals surface area contributed by atoms with Gasteiger partial charge in [-0.05, 0) is 61.4 Å². The molecule has 2 aromatic carbocycles. The summed E-state index contributed by atoms with van der Waals surface area (Å²) in [6, 6.07) is 12.9. The van der Waals surface area contributed by atoms with Gasteiger partial charge in [0.25, 0.3) is 5.91 Å². The van der Waals surface area contributed by atoms with Crippen molar-refractivity contribution in [2.45, 2.75) is 38.6 Å². The van der Waals surface area contributed by atoms with E-state index < -0.39 is 17.5 Å². The van der Waals surface area contributed by atoms with Gasteiger partial charge in [-0.1, -0.05) is 36.4 Å². The molecule has 2 N–H and O–H groups in total. The third kappa shape index (κ3) is 2.95. The Kier molecular flexibility index (Phi) is 4.41. The van der Waals surface area contributed by atoms with Crippen LogP contribution < -0.4 is 10.6 Å². The number of urea groups is 1. The van der Waals surface area contributed by atoms with Gasteiger partial charge in [-0.3, -0.25) is 14.5 Å². The van der Waals surface area contributed by atoms with Crippen LogP contribution in [0.5, 0.6) is 0 Å². The summed E-state index contributed by atoms with van der Waals surface area (Å²) in [6.45, 7) is 3.54. The zero-order valence-electron chi connectivity index (χ0n) is 16.0. The number of amides is 4. The molecule has 2 aromatic rings. The van der Waals surface area contributed by atoms with Gasteiger partial charge in [0.2, 0.25) is 5.91 Å². The molecular weight excluding hydrogens is 354 g/mol. The quantitative estimate of drug-likeness (QED) is 0.807. The van der Waals surface area contributed by atoms with E-state index in [9.17, 15) is 14.4 Å². The fraction of sp³-hybridized carbons (Fsp3) is 0.318. The SMILES string of the molecule is Cc1ccc(C)c(NC(=O)CN2C(=O)N[C@@]3(CCCc4ccccc43)C2=O)c1. The summed E-state index contributed by atoms with van der Waals surface area (Å²) < 4.78 is 0. The minimum Gasteiger partial charge on any atom is -0.324 e. The van der Waals surface area contributed by atoms with E-state index in [0.717, 1.165) is 40.0 Å². The first-order valence-electron chi connectivity index (χ1n) is 9.50. The average molecular weight is 377 g/mol. The molecular formula is C22H23N3O3. The van der Waals surface area contributed by atoms with Crippen molar-refractivity contribution in [3.05, 3.63) is 64.7 Å². The van der Waals surface area contributed by atoms with Gasteiger partial charge >= 0.3 is 6.03 Å². The first-order valence-corrected chi connectivity index (χ1v) is 9.50. The third-order valence-electron chi connectivity index (χ3n) is 5.62. The summed E-state index contributed by atoms with van der Waals surface area (Å²) in [5.41, 5.74) is 3.50. The number of fused-ring (bicyclic) bond motifs is 2. The van der Waals surface area contributed by atoms with E-state index in [2.05, 4.69) is 10.6 Å². The topological polar surface area (TPSA) is 78.5 Å². The number of imide groups is 1. The van der Waals surface area contributed by atoms with E-state index >= 15 is 0 Å². The average Bonchev–Trinajstić information content (AvgIpc) is 2.90. The summed E-state index contributed by atoms with van der Waals surface area (Å²) in [6.07, 6.45) is 2.24. The Hall–Kier alpha value is -3.15. The number of carbonyl (C=O) groups is 3. The largest absolute Gasteiger partial charge is 0.325 e. The lowest BCUT2D eigenvalue weighted by molar-refractivity contribution is -0.134. The number of anilines is 1. The first kappa shape index (κ1) is 18.2. The van der Waals surface area contributed by atoms with Crippen LogP contribution in [-0.4, -0.2) is 29.3 Å². The van der Waals surface area contributed by atoms with Gasteiger partial charge < -0.3 is 10.6 Å². The van der Waals surface area contributed by atoms with Crippen molar-refractivity contribution in [3.8, 4) is 0 Å². The summed E-state index contributed by atoms with van der Waals surface area (Å²) in [5.74, 6) is -0.737. The lowest BCUT2D eigenvalue weighted by Gasteiger charge is -2.33. The molecule has 2 aliphatic rings. The van der Waals surface area contributed by atoms with Crippen LogP contribution in [0.3, 0.4) is 0 Å². The second-order valence-electron chi connectivity index (χ2n) is 7.60. The zero-order valence-corrected chi connectivity index (χ0v) is 16.0. The molecule has 1 atom stereocenters. The van der Waals surface area contributed by atoms with Crippen LogP contribution in [-0.2, 0) is 21.5 Å². The maximum atomic E-state index is 13.2. The summed E-state index contributed by atoms with van der Waals surface area (Å²) in [5, 5.41) is 5.69. The van der Waals surface area contributed by atoms with Gasteiger partial charge in [0.05, 0.1) is 0 Å². The molecule has 1 saturated heterocycles. The van der Waals surface area contributed by atoms with Gasteiger partial charge in [0, 0.05) is 5.69 Å². The van der Waals surface area contributed by atoms with Gasteiger partial charge in [0.15, 0.2) is 0 Å². The van der Waals surface area contributed by atoms with Crippen molar-refractivity contribution in [2.24, 2.45) is 0 Å². The lowest BCUT2D eigenvalue weighted by atomic mass is 9.76. The van der Waals surface area contributed by atoms with Gasteiger partial charge in [0.1, 0.15) is 12.1 Å².